The average molecular weight is 396 g/mol. The molecule has 2 aromatic heterocycles. The van der Waals surface area contributed by atoms with Crippen molar-refractivity contribution in [2.24, 2.45) is 17.8 Å². The van der Waals surface area contributed by atoms with Gasteiger partial charge in [-0.2, -0.15) is 10.1 Å². The van der Waals surface area contributed by atoms with E-state index >= 15 is 0 Å². The summed E-state index contributed by atoms with van der Waals surface area (Å²) >= 11 is 0. The highest BCUT2D eigenvalue weighted by Gasteiger charge is 2.39. The van der Waals surface area contributed by atoms with Crippen molar-refractivity contribution in [1.82, 2.24) is 19.7 Å². The van der Waals surface area contributed by atoms with E-state index in [0.29, 0.717) is 18.2 Å². The molecule has 2 N–H and O–H groups in total. The molecular weight excluding hydrogens is 366 g/mol. The standard InChI is InChI=1S/C21H29N7O/c1-12-18-19(27(3)13(2)20(29)25-18)26-21(24-12)22-8-15-9-23-28(10-15)11-17-7-14-4-5-16(17)6-14/h9-10,13-14,16-17H,4-8,11H2,1-3H3,(H,25,29)(H,22,24,26)/t13-,14+,16-,17+/m0/s1. The molecule has 29 heavy (non-hydrogen) atoms. The molecule has 0 aromatic carbocycles. The van der Waals surface area contributed by atoms with E-state index in [4.69, 9.17) is 0 Å². The lowest BCUT2D eigenvalue weighted by atomic mass is 9.89. The Morgan fingerprint density at radius 3 is 2.90 bits per heavy atom. The Morgan fingerprint density at radius 2 is 2.14 bits per heavy atom. The summed E-state index contributed by atoms with van der Waals surface area (Å²) in [6.07, 6.45) is 9.73. The number of amides is 1. The first-order valence-electron chi connectivity index (χ1n) is 10.7. The Labute approximate surface area is 171 Å². The summed E-state index contributed by atoms with van der Waals surface area (Å²) in [4.78, 5) is 23.1. The van der Waals surface area contributed by atoms with Gasteiger partial charge in [0.15, 0.2) is 5.82 Å². The van der Waals surface area contributed by atoms with Gasteiger partial charge in [0.1, 0.15) is 11.7 Å². The zero-order valence-corrected chi connectivity index (χ0v) is 17.4. The molecule has 0 radical (unpaired) electrons. The number of nitrogens with one attached hydrogen (secondary N) is 2. The molecule has 8 heteroatoms. The fourth-order valence-electron chi connectivity index (χ4n) is 5.24. The van der Waals surface area contributed by atoms with Gasteiger partial charge in [-0.3, -0.25) is 9.48 Å². The number of carbonyl (C=O) groups is 1. The van der Waals surface area contributed by atoms with Crippen LogP contribution < -0.4 is 15.5 Å². The van der Waals surface area contributed by atoms with Crippen molar-refractivity contribution in [3.8, 4) is 0 Å². The Bertz CT molecular complexity index is 939. The van der Waals surface area contributed by atoms with Gasteiger partial charge in [0.25, 0.3) is 0 Å². The van der Waals surface area contributed by atoms with E-state index in [9.17, 15) is 4.79 Å². The van der Waals surface area contributed by atoms with Crippen LogP contribution in [0.5, 0.6) is 0 Å². The van der Waals surface area contributed by atoms with Gasteiger partial charge in [-0.25, -0.2) is 4.98 Å². The van der Waals surface area contributed by atoms with Crippen LogP contribution in [-0.4, -0.2) is 38.7 Å². The third-order valence-corrected chi connectivity index (χ3v) is 7.06. The highest BCUT2D eigenvalue weighted by atomic mass is 16.2. The lowest BCUT2D eigenvalue weighted by Gasteiger charge is -2.32. The fourth-order valence-corrected chi connectivity index (χ4v) is 5.24. The predicted octanol–water partition coefficient (Wildman–Crippen LogP) is 2.81. The molecule has 0 spiro atoms. The van der Waals surface area contributed by atoms with E-state index in [1.54, 1.807) is 0 Å². The van der Waals surface area contributed by atoms with E-state index in [0.717, 1.165) is 41.4 Å². The van der Waals surface area contributed by atoms with Crippen molar-refractivity contribution in [3.63, 3.8) is 0 Å². The maximum absolute atomic E-state index is 12.0. The Balaban J connectivity index is 1.25. The van der Waals surface area contributed by atoms with Crippen molar-refractivity contribution < 1.29 is 4.79 Å². The lowest BCUT2D eigenvalue weighted by molar-refractivity contribution is -0.117. The highest BCUT2D eigenvalue weighted by Crippen LogP contribution is 2.48. The summed E-state index contributed by atoms with van der Waals surface area (Å²) in [7, 11) is 1.89. The van der Waals surface area contributed by atoms with E-state index in [2.05, 4.69) is 36.6 Å². The minimum absolute atomic E-state index is 0.0321. The van der Waals surface area contributed by atoms with Gasteiger partial charge in [0.2, 0.25) is 11.9 Å². The molecule has 3 heterocycles. The van der Waals surface area contributed by atoms with Gasteiger partial charge < -0.3 is 15.5 Å². The zero-order valence-electron chi connectivity index (χ0n) is 17.4. The fraction of sp³-hybridized carbons (Fsp3) is 0.619. The van der Waals surface area contributed by atoms with Gasteiger partial charge in [-0.15, -0.1) is 0 Å². The Kier molecular flexibility index (Phi) is 4.44. The van der Waals surface area contributed by atoms with Crippen LogP contribution in [0.3, 0.4) is 0 Å². The molecule has 1 aliphatic heterocycles. The van der Waals surface area contributed by atoms with Crippen LogP contribution in [0.4, 0.5) is 17.5 Å². The summed E-state index contributed by atoms with van der Waals surface area (Å²) in [5.41, 5.74) is 2.58. The van der Waals surface area contributed by atoms with Crippen LogP contribution in [0.2, 0.25) is 0 Å². The molecule has 2 saturated carbocycles. The second-order valence-corrected chi connectivity index (χ2v) is 8.97. The van der Waals surface area contributed by atoms with E-state index in [1.807, 2.05) is 32.0 Å². The number of hydrogen-bond acceptors (Lipinski definition) is 6. The second-order valence-electron chi connectivity index (χ2n) is 8.97. The molecule has 2 bridgehead atoms. The van der Waals surface area contributed by atoms with Crippen LogP contribution in [-0.2, 0) is 17.9 Å². The number of aryl methyl sites for hydroxylation is 1. The van der Waals surface area contributed by atoms with Crippen molar-refractivity contribution in [3.05, 3.63) is 23.7 Å². The van der Waals surface area contributed by atoms with Crippen molar-refractivity contribution in [1.29, 1.82) is 0 Å². The van der Waals surface area contributed by atoms with Crippen LogP contribution >= 0.6 is 0 Å². The molecule has 8 nitrogen and oxygen atoms in total. The zero-order chi connectivity index (χ0) is 20.1. The van der Waals surface area contributed by atoms with E-state index in [-0.39, 0.29) is 11.9 Å². The number of nitrogens with zero attached hydrogens (tertiary/aromatic N) is 5. The molecule has 5 rings (SSSR count). The van der Waals surface area contributed by atoms with Crippen molar-refractivity contribution in [2.45, 2.75) is 58.7 Å². The van der Waals surface area contributed by atoms with Crippen LogP contribution in [0.15, 0.2) is 12.4 Å². The van der Waals surface area contributed by atoms with E-state index in [1.165, 1.54) is 25.7 Å². The molecule has 2 aromatic rings. The van der Waals surface area contributed by atoms with E-state index < -0.39 is 0 Å². The molecular formula is C21H29N7O. The predicted molar refractivity (Wildman–Crippen MR) is 112 cm³/mol. The normalized spacial score (nSPS) is 27.8. The Morgan fingerprint density at radius 1 is 1.28 bits per heavy atom. The molecule has 1 amide bonds. The van der Waals surface area contributed by atoms with Crippen molar-refractivity contribution >= 4 is 23.4 Å². The van der Waals surface area contributed by atoms with Gasteiger partial charge in [0, 0.05) is 31.9 Å². The molecule has 0 saturated heterocycles. The summed E-state index contributed by atoms with van der Waals surface area (Å²) in [5.74, 6) is 3.97. The number of fused-ring (bicyclic) bond motifs is 3. The lowest BCUT2D eigenvalue weighted by Crippen LogP contribution is -2.44. The first-order valence-corrected chi connectivity index (χ1v) is 10.7. The molecule has 2 aliphatic carbocycles. The van der Waals surface area contributed by atoms with Crippen LogP contribution in [0.1, 0.15) is 43.9 Å². The number of aromatic nitrogens is 4. The minimum Gasteiger partial charge on any atom is -0.350 e. The SMILES string of the molecule is Cc1nc(NCc2cnn(C[C@H]3C[C@@H]4CC[C@H]3C4)c2)nc2c1NC(=O)[C@H](C)N2C. The maximum atomic E-state index is 12.0. The topological polar surface area (TPSA) is 88.0 Å². The van der Waals surface area contributed by atoms with Crippen LogP contribution in [0, 0.1) is 24.7 Å². The van der Waals surface area contributed by atoms with Gasteiger partial charge in [-0.05, 0) is 50.9 Å². The average Bonchev–Trinajstić information content (AvgIpc) is 3.43. The maximum Gasteiger partial charge on any atom is 0.246 e. The van der Waals surface area contributed by atoms with Crippen molar-refractivity contribution in [2.75, 3.05) is 22.6 Å². The van der Waals surface area contributed by atoms with Crippen LogP contribution in [0.25, 0.3) is 0 Å². The summed E-state index contributed by atoms with van der Waals surface area (Å²) < 4.78 is 2.10. The molecule has 154 valence electrons. The highest BCUT2D eigenvalue weighted by molar-refractivity contribution is 6.03. The first-order chi connectivity index (χ1) is 14.0. The second kappa shape index (κ2) is 7.00. The molecule has 2 fully saturated rings. The number of hydrogen-bond donors (Lipinski definition) is 2. The monoisotopic (exact) mass is 395 g/mol. The molecule has 0 unspecified atom stereocenters. The Hall–Kier alpha value is -2.64. The third kappa shape index (κ3) is 3.34. The number of likely N-dealkylation sites (N-methyl/N-ethyl adjacent to an activating group) is 1. The number of rotatable bonds is 5. The largest absolute Gasteiger partial charge is 0.350 e. The van der Waals surface area contributed by atoms with Gasteiger partial charge in [-0.1, -0.05) is 6.42 Å². The minimum atomic E-state index is -0.256. The number of anilines is 3. The summed E-state index contributed by atoms with van der Waals surface area (Å²) in [6.45, 7) is 5.43. The van der Waals surface area contributed by atoms with Gasteiger partial charge in [0.05, 0.1) is 11.9 Å². The summed E-state index contributed by atoms with van der Waals surface area (Å²) in [6, 6.07) is -0.256. The quantitative estimate of drug-likeness (QED) is 0.809. The third-order valence-electron chi connectivity index (χ3n) is 7.06. The smallest absolute Gasteiger partial charge is 0.246 e. The van der Waals surface area contributed by atoms with Gasteiger partial charge >= 0.3 is 0 Å². The molecule has 3 aliphatic rings. The molecule has 4 atom stereocenters. The number of carbonyl (C=O) groups excluding carboxylic acids is 1. The first kappa shape index (κ1) is 18.4. The summed E-state index contributed by atoms with van der Waals surface area (Å²) in [5, 5.41) is 10.8.